The second-order valence-electron chi connectivity index (χ2n) is 5.88. The summed E-state index contributed by atoms with van der Waals surface area (Å²) in [5.74, 6) is -0.193. The number of nitrogens with one attached hydrogen (secondary N) is 3. The molecule has 6 heteroatoms. The fourth-order valence-electron chi connectivity index (χ4n) is 2.99. The predicted molar refractivity (Wildman–Crippen MR) is 95.4 cm³/mol. The Hall–Kier alpha value is -3.41. The molecule has 3 N–H and O–H groups in total. The van der Waals surface area contributed by atoms with Gasteiger partial charge in [0, 0.05) is 29.6 Å². The molecule has 0 saturated heterocycles. The maximum absolute atomic E-state index is 12.6. The molecular formula is C19H16N4O2. The molecule has 4 rings (SSSR count). The molecule has 0 aliphatic carbocycles. The SMILES string of the molecule is O=C1CCc2c(cccc2C(=O)Nc2ccc(-c3ccn[nH]3)cc2)N1. The van der Waals surface area contributed by atoms with Gasteiger partial charge in [-0.05, 0) is 47.9 Å². The van der Waals surface area contributed by atoms with Gasteiger partial charge in [-0.25, -0.2) is 0 Å². The molecule has 0 bridgehead atoms. The van der Waals surface area contributed by atoms with E-state index >= 15 is 0 Å². The van der Waals surface area contributed by atoms with Crippen LogP contribution in [0.15, 0.2) is 54.7 Å². The topological polar surface area (TPSA) is 86.9 Å². The summed E-state index contributed by atoms with van der Waals surface area (Å²) in [4.78, 5) is 24.1. The largest absolute Gasteiger partial charge is 0.326 e. The summed E-state index contributed by atoms with van der Waals surface area (Å²) in [6.45, 7) is 0. The molecule has 3 aromatic rings. The Labute approximate surface area is 144 Å². The van der Waals surface area contributed by atoms with Crippen molar-refractivity contribution in [3.05, 3.63) is 65.9 Å². The Morgan fingerprint density at radius 1 is 1.04 bits per heavy atom. The molecule has 0 atom stereocenters. The van der Waals surface area contributed by atoms with Gasteiger partial charge in [-0.1, -0.05) is 18.2 Å². The zero-order valence-electron chi connectivity index (χ0n) is 13.4. The van der Waals surface area contributed by atoms with Gasteiger partial charge in [0.25, 0.3) is 5.91 Å². The number of carbonyl (C=O) groups excluding carboxylic acids is 2. The van der Waals surface area contributed by atoms with Crippen molar-refractivity contribution in [3.8, 4) is 11.3 Å². The van der Waals surface area contributed by atoms with Crippen molar-refractivity contribution in [3.63, 3.8) is 0 Å². The van der Waals surface area contributed by atoms with E-state index in [4.69, 9.17) is 0 Å². The maximum atomic E-state index is 12.6. The minimum atomic E-state index is -0.178. The lowest BCUT2D eigenvalue weighted by molar-refractivity contribution is -0.116. The van der Waals surface area contributed by atoms with Crippen LogP contribution in [0.1, 0.15) is 22.3 Å². The van der Waals surface area contributed by atoms with Gasteiger partial charge in [-0.15, -0.1) is 0 Å². The number of fused-ring (bicyclic) bond motifs is 1. The van der Waals surface area contributed by atoms with Crippen LogP contribution in [0.3, 0.4) is 0 Å². The Morgan fingerprint density at radius 2 is 1.88 bits per heavy atom. The van der Waals surface area contributed by atoms with E-state index in [0.29, 0.717) is 24.1 Å². The number of anilines is 2. The number of H-pyrrole nitrogens is 1. The molecule has 6 nitrogen and oxygen atoms in total. The first-order valence-corrected chi connectivity index (χ1v) is 8.03. The normalized spacial score (nSPS) is 13.0. The van der Waals surface area contributed by atoms with Gasteiger partial charge >= 0.3 is 0 Å². The Kier molecular flexibility index (Phi) is 3.78. The second-order valence-corrected chi connectivity index (χ2v) is 5.88. The molecule has 0 radical (unpaired) electrons. The molecule has 2 amide bonds. The van der Waals surface area contributed by atoms with Crippen LogP contribution in [0.5, 0.6) is 0 Å². The predicted octanol–water partition coefficient (Wildman–Crippen LogP) is 3.21. The Balaban J connectivity index is 1.55. The van der Waals surface area contributed by atoms with Crippen LogP contribution in [0, 0.1) is 0 Å². The highest BCUT2D eigenvalue weighted by Crippen LogP contribution is 2.27. The van der Waals surface area contributed by atoms with E-state index in [9.17, 15) is 9.59 Å². The summed E-state index contributed by atoms with van der Waals surface area (Å²) >= 11 is 0. The molecule has 2 aromatic carbocycles. The molecule has 0 unspecified atom stereocenters. The first-order valence-electron chi connectivity index (χ1n) is 8.03. The van der Waals surface area contributed by atoms with Gasteiger partial charge in [0.1, 0.15) is 0 Å². The van der Waals surface area contributed by atoms with E-state index in [1.165, 1.54) is 0 Å². The number of aromatic nitrogens is 2. The first kappa shape index (κ1) is 15.1. The zero-order valence-corrected chi connectivity index (χ0v) is 13.4. The molecule has 1 aliphatic rings. The molecule has 1 aliphatic heterocycles. The van der Waals surface area contributed by atoms with Crippen LogP contribution in [0.2, 0.25) is 0 Å². The molecule has 0 spiro atoms. The average Bonchev–Trinajstić information content (AvgIpc) is 3.16. The molecular weight excluding hydrogens is 316 g/mol. The smallest absolute Gasteiger partial charge is 0.256 e. The third kappa shape index (κ3) is 3.01. The number of aromatic amines is 1. The number of amides is 2. The molecule has 0 fully saturated rings. The third-order valence-electron chi connectivity index (χ3n) is 4.25. The zero-order chi connectivity index (χ0) is 17.2. The minimum Gasteiger partial charge on any atom is -0.326 e. The highest BCUT2D eigenvalue weighted by Gasteiger charge is 2.20. The number of benzene rings is 2. The fraction of sp³-hybridized carbons (Fsp3) is 0.105. The van der Waals surface area contributed by atoms with Gasteiger partial charge in [0.05, 0.1) is 5.69 Å². The van der Waals surface area contributed by atoms with Gasteiger partial charge < -0.3 is 10.6 Å². The van der Waals surface area contributed by atoms with Gasteiger partial charge in [-0.3, -0.25) is 14.7 Å². The highest BCUT2D eigenvalue weighted by molar-refractivity contribution is 6.07. The summed E-state index contributed by atoms with van der Waals surface area (Å²) in [5.41, 5.74) is 4.83. The molecule has 1 aromatic heterocycles. The van der Waals surface area contributed by atoms with Crippen molar-refractivity contribution >= 4 is 23.2 Å². The highest BCUT2D eigenvalue weighted by atomic mass is 16.2. The third-order valence-corrected chi connectivity index (χ3v) is 4.25. The van der Waals surface area contributed by atoms with E-state index < -0.39 is 0 Å². The standard InChI is InChI=1S/C19H16N4O2/c24-18-9-8-14-15(2-1-3-17(14)22-18)19(25)21-13-6-4-12(5-7-13)16-10-11-20-23-16/h1-7,10-11H,8-9H2,(H,20,23)(H,21,25)(H,22,24). The summed E-state index contributed by atoms with van der Waals surface area (Å²) < 4.78 is 0. The fourth-order valence-corrected chi connectivity index (χ4v) is 2.99. The molecule has 0 saturated carbocycles. The lowest BCUT2D eigenvalue weighted by atomic mass is 9.96. The molecule has 124 valence electrons. The van der Waals surface area contributed by atoms with Crippen molar-refractivity contribution in [1.29, 1.82) is 0 Å². The second kappa shape index (κ2) is 6.24. The number of hydrogen-bond acceptors (Lipinski definition) is 3. The van der Waals surface area contributed by atoms with Crippen LogP contribution >= 0.6 is 0 Å². The first-order chi connectivity index (χ1) is 12.2. The Morgan fingerprint density at radius 3 is 2.64 bits per heavy atom. The number of carbonyl (C=O) groups is 2. The van der Waals surface area contributed by atoms with Crippen molar-refractivity contribution in [2.24, 2.45) is 0 Å². The van der Waals surface area contributed by atoms with Crippen LogP contribution in [0.25, 0.3) is 11.3 Å². The summed E-state index contributed by atoms with van der Waals surface area (Å²) in [5, 5.41) is 12.6. The van der Waals surface area contributed by atoms with Crippen LogP contribution in [0.4, 0.5) is 11.4 Å². The van der Waals surface area contributed by atoms with E-state index in [0.717, 1.165) is 22.5 Å². The van der Waals surface area contributed by atoms with Crippen molar-refractivity contribution in [2.75, 3.05) is 10.6 Å². The van der Waals surface area contributed by atoms with Crippen LogP contribution in [-0.2, 0) is 11.2 Å². The lowest BCUT2D eigenvalue weighted by Crippen LogP contribution is -2.22. The number of hydrogen-bond donors (Lipinski definition) is 3. The van der Waals surface area contributed by atoms with Gasteiger partial charge in [-0.2, -0.15) is 5.10 Å². The summed E-state index contributed by atoms with van der Waals surface area (Å²) in [6, 6.07) is 14.8. The van der Waals surface area contributed by atoms with Crippen molar-refractivity contribution in [2.45, 2.75) is 12.8 Å². The van der Waals surface area contributed by atoms with Crippen molar-refractivity contribution in [1.82, 2.24) is 10.2 Å². The molecule has 2 heterocycles. The van der Waals surface area contributed by atoms with Gasteiger partial charge in [0.15, 0.2) is 0 Å². The van der Waals surface area contributed by atoms with Crippen LogP contribution in [-0.4, -0.2) is 22.0 Å². The maximum Gasteiger partial charge on any atom is 0.256 e. The van der Waals surface area contributed by atoms with Gasteiger partial charge in [0.2, 0.25) is 5.91 Å². The van der Waals surface area contributed by atoms with E-state index in [1.54, 1.807) is 18.3 Å². The Bertz CT molecular complexity index is 931. The average molecular weight is 332 g/mol. The van der Waals surface area contributed by atoms with E-state index in [2.05, 4.69) is 20.8 Å². The molecule has 25 heavy (non-hydrogen) atoms. The summed E-state index contributed by atoms with van der Waals surface area (Å²) in [7, 11) is 0. The van der Waals surface area contributed by atoms with E-state index in [-0.39, 0.29) is 11.8 Å². The number of nitrogens with zero attached hydrogens (tertiary/aromatic N) is 1. The quantitative estimate of drug-likeness (QED) is 0.688. The van der Waals surface area contributed by atoms with Crippen molar-refractivity contribution < 1.29 is 9.59 Å². The van der Waals surface area contributed by atoms with Crippen LogP contribution < -0.4 is 10.6 Å². The minimum absolute atomic E-state index is 0.0144. The monoisotopic (exact) mass is 332 g/mol. The lowest BCUT2D eigenvalue weighted by Gasteiger charge is -2.19. The van der Waals surface area contributed by atoms with E-state index in [1.807, 2.05) is 36.4 Å². The summed E-state index contributed by atoms with van der Waals surface area (Å²) in [6.07, 6.45) is 2.67. The number of rotatable bonds is 3.